The molecule has 0 N–H and O–H groups in total. The van der Waals surface area contributed by atoms with Crippen molar-refractivity contribution in [3.05, 3.63) is 12.2 Å². The van der Waals surface area contributed by atoms with E-state index in [0.29, 0.717) is 6.42 Å². The highest BCUT2D eigenvalue weighted by atomic mass is 19.4. The molecule has 6 atom stereocenters. The average molecular weight is 348 g/mol. The number of carbonyl (C=O) groups excluding carboxylic acids is 3. The van der Waals surface area contributed by atoms with E-state index in [1.807, 2.05) is 0 Å². The van der Waals surface area contributed by atoms with Crippen LogP contribution in [0.15, 0.2) is 12.2 Å². The van der Waals surface area contributed by atoms with Crippen LogP contribution in [0.1, 0.15) is 13.3 Å². The predicted molar refractivity (Wildman–Crippen MR) is 70.2 cm³/mol. The van der Waals surface area contributed by atoms with Gasteiger partial charge >= 0.3 is 24.1 Å². The molecule has 1 aliphatic heterocycles. The fourth-order valence-corrected chi connectivity index (χ4v) is 3.94. The zero-order valence-corrected chi connectivity index (χ0v) is 12.7. The third-order valence-electron chi connectivity index (χ3n) is 4.79. The third kappa shape index (κ3) is 2.65. The minimum absolute atomic E-state index is 0.134. The van der Waals surface area contributed by atoms with Gasteiger partial charge in [-0.2, -0.15) is 13.2 Å². The summed E-state index contributed by atoms with van der Waals surface area (Å²) in [5.74, 6) is -5.34. The third-order valence-corrected chi connectivity index (χ3v) is 4.79. The molecule has 2 saturated carbocycles. The van der Waals surface area contributed by atoms with Crippen LogP contribution < -0.4 is 0 Å². The summed E-state index contributed by atoms with van der Waals surface area (Å²) < 4.78 is 51.5. The Labute approximate surface area is 134 Å². The molecule has 0 aromatic heterocycles. The van der Waals surface area contributed by atoms with E-state index in [2.05, 4.69) is 11.3 Å². The summed E-state index contributed by atoms with van der Waals surface area (Å²) >= 11 is 0. The molecule has 0 aromatic rings. The first-order chi connectivity index (χ1) is 11.1. The normalized spacial score (nSPS) is 36.4. The van der Waals surface area contributed by atoms with Gasteiger partial charge in [0.15, 0.2) is 6.61 Å². The number of hydrogen-bond donors (Lipinski definition) is 0. The summed E-state index contributed by atoms with van der Waals surface area (Å²) in [6.45, 7) is 3.16. The predicted octanol–water partition coefficient (Wildman–Crippen LogP) is 1.39. The van der Waals surface area contributed by atoms with Crippen LogP contribution in [0.3, 0.4) is 0 Å². The molecule has 24 heavy (non-hydrogen) atoms. The van der Waals surface area contributed by atoms with Gasteiger partial charge in [0, 0.05) is 17.4 Å². The minimum Gasteiger partial charge on any atom is -0.458 e. The van der Waals surface area contributed by atoms with E-state index >= 15 is 0 Å². The summed E-state index contributed by atoms with van der Waals surface area (Å²) in [6, 6.07) is 0. The number of ether oxygens (including phenoxy) is 3. The van der Waals surface area contributed by atoms with Gasteiger partial charge in [-0.1, -0.05) is 6.58 Å². The van der Waals surface area contributed by atoms with Crippen molar-refractivity contribution in [1.29, 1.82) is 0 Å². The summed E-state index contributed by atoms with van der Waals surface area (Å²) in [5.41, 5.74) is 0.134. The van der Waals surface area contributed by atoms with Crippen molar-refractivity contribution in [2.75, 3.05) is 6.61 Å². The SMILES string of the molecule is C=C(C)C(=O)OC1C2CC3C1OC(=O)C3C2C(=O)OCC(F)(F)F. The Hall–Kier alpha value is -2.06. The largest absolute Gasteiger partial charge is 0.458 e. The Balaban J connectivity index is 1.78. The van der Waals surface area contributed by atoms with Crippen molar-refractivity contribution >= 4 is 17.9 Å². The molecule has 1 heterocycles. The molecular weight excluding hydrogens is 333 g/mol. The van der Waals surface area contributed by atoms with E-state index < -0.39 is 60.7 Å². The van der Waals surface area contributed by atoms with E-state index in [0.717, 1.165) is 0 Å². The lowest BCUT2D eigenvalue weighted by Gasteiger charge is -2.30. The lowest BCUT2D eigenvalue weighted by atomic mass is 9.78. The molecule has 0 amide bonds. The zero-order valence-electron chi connectivity index (χ0n) is 12.7. The van der Waals surface area contributed by atoms with Crippen LogP contribution in [0.2, 0.25) is 0 Å². The summed E-state index contributed by atoms with van der Waals surface area (Å²) in [5, 5.41) is 0. The second-order valence-corrected chi connectivity index (χ2v) is 6.39. The molecule has 6 unspecified atom stereocenters. The fraction of sp³-hybridized carbons (Fsp3) is 0.667. The van der Waals surface area contributed by atoms with Crippen LogP contribution in [0.4, 0.5) is 13.2 Å². The molecule has 0 radical (unpaired) electrons. The molecule has 9 heteroatoms. The highest BCUT2D eigenvalue weighted by molar-refractivity contribution is 5.88. The van der Waals surface area contributed by atoms with Crippen molar-refractivity contribution < 1.29 is 41.8 Å². The number of rotatable bonds is 4. The van der Waals surface area contributed by atoms with Crippen molar-refractivity contribution in [2.45, 2.75) is 31.7 Å². The van der Waals surface area contributed by atoms with Gasteiger partial charge < -0.3 is 14.2 Å². The van der Waals surface area contributed by atoms with Crippen LogP contribution in [0, 0.1) is 23.7 Å². The maximum atomic E-state index is 12.2. The summed E-state index contributed by atoms with van der Waals surface area (Å²) in [6.07, 6.45) is -5.83. The number of fused-ring (bicyclic) bond motifs is 1. The molecule has 3 aliphatic rings. The Morgan fingerprint density at radius 2 is 2.00 bits per heavy atom. The first-order valence-electron chi connectivity index (χ1n) is 7.40. The second kappa shape index (κ2) is 5.49. The van der Waals surface area contributed by atoms with Crippen LogP contribution in [-0.2, 0) is 28.6 Å². The van der Waals surface area contributed by atoms with Crippen LogP contribution in [0.25, 0.3) is 0 Å². The van der Waals surface area contributed by atoms with E-state index in [1.165, 1.54) is 6.92 Å². The van der Waals surface area contributed by atoms with E-state index in [-0.39, 0.29) is 11.5 Å². The molecule has 0 spiro atoms. The van der Waals surface area contributed by atoms with Crippen molar-refractivity contribution in [3.63, 3.8) is 0 Å². The summed E-state index contributed by atoms with van der Waals surface area (Å²) in [4.78, 5) is 35.8. The van der Waals surface area contributed by atoms with Gasteiger partial charge in [-0.15, -0.1) is 0 Å². The Kier molecular flexibility index (Phi) is 3.84. The van der Waals surface area contributed by atoms with Gasteiger partial charge in [0.25, 0.3) is 0 Å². The number of carbonyl (C=O) groups is 3. The van der Waals surface area contributed by atoms with Gasteiger partial charge in [-0.3, -0.25) is 9.59 Å². The minimum atomic E-state index is -4.65. The first kappa shape index (κ1) is 16.8. The van der Waals surface area contributed by atoms with Gasteiger partial charge in [-0.05, 0) is 13.3 Å². The number of hydrogen-bond acceptors (Lipinski definition) is 6. The Morgan fingerprint density at radius 1 is 1.33 bits per heavy atom. The van der Waals surface area contributed by atoms with Gasteiger partial charge in [0.2, 0.25) is 0 Å². The van der Waals surface area contributed by atoms with Crippen LogP contribution in [0.5, 0.6) is 0 Å². The van der Waals surface area contributed by atoms with E-state index in [1.54, 1.807) is 0 Å². The molecule has 3 fully saturated rings. The molecule has 6 nitrogen and oxygen atoms in total. The maximum Gasteiger partial charge on any atom is 0.422 e. The monoisotopic (exact) mass is 348 g/mol. The Morgan fingerprint density at radius 3 is 2.58 bits per heavy atom. The maximum absolute atomic E-state index is 12.2. The topological polar surface area (TPSA) is 78.9 Å². The molecular formula is C15H15F3O6. The lowest BCUT2D eigenvalue weighted by Crippen LogP contribution is -2.44. The number of alkyl halides is 3. The lowest BCUT2D eigenvalue weighted by molar-refractivity contribution is -0.192. The first-order valence-corrected chi connectivity index (χ1v) is 7.40. The number of esters is 3. The summed E-state index contributed by atoms with van der Waals surface area (Å²) in [7, 11) is 0. The average Bonchev–Trinajstić information content (AvgIpc) is 3.06. The molecule has 132 valence electrons. The van der Waals surface area contributed by atoms with Crippen molar-refractivity contribution in [3.8, 4) is 0 Å². The standard InChI is InChI=1S/C15H15F3O6/c1-5(2)12(19)23-10-6-3-7-9(14(21)24-11(7)10)8(6)13(20)22-4-15(16,17)18/h6-11H,1,3-4H2,2H3. The Bertz CT molecular complexity index is 613. The second-order valence-electron chi connectivity index (χ2n) is 6.39. The molecule has 3 rings (SSSR count). The van der Waals surface area contributed by atoms with Crippen LogP contribution in [-0.4, -0.2) is 42.9 Å². The van der Waals surface area contributed by atoms with Crippen molar-refractivity contribution in [1.82, 2.24) is 0 Å². The van der Waals surface area contributed by atoms with Crippen molar-refractivity contribution in [2.24, 2.45) is 23.7 Å². The van der Waals surface area contributed by atoms with E-state index in [4.69, 9.17) is 9.47 Å². The van der Waals surface area contributed by atoms with Gasteiger partial charge in [0.05, 0.1) is 11.8 Å². The molecule has 2 bridgehead atoms. The number of halogens is 3. The fourth-order valence-electron chi connectivity index (χ4n) is 3.94. The zero-order chi connectivity index (χ0) is 17.8. The molecule has 2 aliphatic carbocycles. The van der Waals surface area contributed by atoms with E-state index in [9.17, 15) is 27.6 Å². The quantitative estimate of drug-likeness (QED) is 0.434. The van der Waals surface area contributed by atoms with Crippen LogP contribution >= 0.6 is 0 Å². The van der Waals surface area contributed by atoms with Gasteiger partial charge in [0.1, 0.15) is 12.2 Å². The van der Waals surface area contributed by atoms with Gasteiger partial charge in [-0.25, -0.2) is 4.79 Å². The highest BCUT2D eigenvalue weighted by Crippen LogP contribution is 2.59. The molecule has 0 aromatic carbocycles. The smallest absolute Gasteiger partial charge is 0.422 e. The molecule has 1 saturated heterocycles. The highest BCUT2D eigenvalue weighted by Gasteiger charge is 2.70.